The highest BCUT2D eigenvalue weighted by molar-refractivity contribution is 7.89. The van der Waals surface area contributed by atoms with Crippen LogP contribution in [0.3, 0.4) is 0 Å². The van der Waals surface area contributed by atoms with E-state index in [1.165, 1.54) is 34.5 Å². The molecule has 27 heavy (non-hydrogen) atoms. The van der Waals surface area contributed by atoms with E-state index in [9.17, 15) is 23.3 Å². The number of hydrogen-bond acceptors (Lipinski definition) is 5. The molecule has 0 radical (unpaired) electrons. The Balaban J connectivity index is 1.65. The maximum atomic E-state index is 12.7. The van der Waals surface area contributed by atoms with E-state index in [0.717, 1.165) is 31.7 Å². The number of piperazine rings is 1. The van der Waals surface area contributed by atoms with Crippen LogP contribution in [-0.2, 0) is 14.8 Å². The van der Waals surface area contributed by atoms with E-state index in [1.807, 2.05) is 0 Å². The highest BCUT2D eigenvalue weighted by atomic mass is 32.2. The molecular weight excluding hydrogens is 370 g/mol. The number of sulfonamides is 1. The zero-order valence-electron chi connectivity index (χ0n) is 15.0. The van der Waals surface area contributed by atoms with Crippen molar-refractivity contribution in [3.05, 3.63) is 46.0 Å². The minimum absolute atomic E-state index is 0.0562. The molecule has 1 aliphatic heterocycles. The normalized spacial score (nSPS) is 19.0. The van der Waals surface area contributed by atoms with Gasteiger partial charge >= 0.3 is 0 Å². The summed E-state index contributed by atoms with van der Waals surface area (Å²) in [6, 6.07) is 5.04. The van der Waals surface area contributed by atoms with Gasteiger partial charge in [0, 0.05) is 44.4 Å². The summed E-state index contributed by atoms with van der Waals surface area (Å²) in [5.41, 5.74) is 0.918. The molecule has 1 saturated carbocycles. The van der Waals surface area contributed by atoms with Gasteiger partial charge in [-0.25, -0.2) is 8.42 Å². The molecule has 2 aliphatic rings. The van der Waals surface area contributed by atoms with E-state index in [0.29, 0.717) is 13.1 Å². The topological polar surface area (TPSA) is 101 Å². The first-order valence-electron chi connectivity index (χ1n) is 9.11. The summed E-state index contributed by atoms with van der Waals surface area (Å²) in [7, 11) is -3.82. The molecule has 0 unspecified atom stereocenters. The summed E-state index contributed by atoms with van der Waals surface area (Å²) in [6.07, 6.45) is 7.09. The Kier molecular flexibility index (Phi) is 5.91. The van der Waals surface area contributed by atoms with Crippen molar-refractivity contribution in [1.29, 1.82) is 0 Å². The van der Waals surface area contributed by atoms with Gasteiger partial charge in [-0.05, 0) is 31.7 Å². The van der Waals surface area contributed by atoms with Gasteiger partial charge in [0.05, 0.1) is 9.82 Å². The fourth-order valence-corrected chi connectivity index (χ4v) is 4.93. The van der Waals surface area contributed by atoms with Crippen LogP contribution in [0.1, 0.15) is 32.1 Å². The summed E-state index contributed by atoms with van der Waals surface area (Å²) in [6.45, 7) is 0.993. The van der Waals surface area contributed by atoms with Crippen molar-refractivity contribution < 1.29 is 18.1 Å². The predicted octanol–water partition coefficient (Wildman–Crippen LogP) is 2.32. The van der Waals surface area contributed by atoms with Crippen LogP contribution < -0.4 is 0 Å². The number of nitro groups is 1. The lowest BCUT2D eigenvalue weighted by molar-refractivity contribution is -0.385. The number of allylic oxidation sites excluding steroid dienone is 1. The predicted molar refractivity (Wildman–Crippen MR) is 99.6 cm³/mol. The number of carbonyl (C=O) groups excluding carboxylic acids is 1. The number of non-ortho nitro benzene ring substituents is 1. The molecule has 1 amide bonds. The average molecular weight is 393 g/mol. The Labute approximate surface area is 158 Å². The van der Waals surface area contributed by atoms with Gasteiger partial charge in [-0.15, -0.1) is 0 Å². The van der Waals surface area contributed by atoms with Crippen molar-refractivity contribution in [2.45, 2.75) is 37.0 Å². The van der Waals surface area contributed by atoms with Crippen molar-refractivity contribution >= 4 is 21.6 Å². The van der Waals surface area contributed by atoms with Crippen LogP contribution in [0.25, 0.3) is 0 Å². The lowest BCUT2D eigenvalue weighted by atomic mass is 9.94. The lowest BCUT2D eigenvalue weighted by Crippen LogP contribution is -2.50. The maximum Gasteiger partial charge on any atom is 0.270 e. The molecule has 9 heteroatoms. The fraction of sp³-hybridized carbons (Fsp3) is 0.500. The monoisotopic (exact) mass is 393 g/mol. The van der Waals surface area contributed by atoms with Crippen molar-refractivity contribution in [3.63, 3.8) is 0 Å². The van der Waals surface area contributed by atoms with Crippen molar-refractivity contribution in [2.24, 2.45) is 0 Å². The van der Waals surface area contributed by atoms with Gasteiger partial charge in [-0.2, -0.15) is 4.31 Å². The van der Waals surface area contributed by atoms with E-state index in [1.54, 1.807) is 11.0 Å². The number of nitro benzene ring substituents is 1. The number of nitrogens with zero attached hydrogens (tertiary/aromatic N) is 3. The molecule has 8 nitrogen and oxygen atoms in total. The highest BCUT2D eigenvalue weighted by Gasteiger charge is 2.30. The second-order valence-corrected chi connectivity index (χ2v) is 8.79. The van der Waals surface area contributed by atoms with Gasteiger partial charge in [0.2, 0.25) is 15.9 Å². The van der Waals surface area contributed by atoms with Gasteiger partial charge in [-0.1, -0.05) is 18.1 Å². The first-order chi connectivity index (χ1) is 12.9. The van der Waals surface area contributed by atoms with Crippen LogP contribution in [0.4, 0.5) is 5.69 Å². The Hall–Kier alpha value is -2.26. The van der Waals surface area contributed by atoms with Crippen LogP contribution in [0, 0.1) is 10.1 Å². The molecule has 1 saturated heterocycles. The molecule has 1 aliphatic carbocycles. The fourth-order valence-electron chi connectivity index (χ4n) is 3.47. The molecule has 0 N–H and O–H groups in total. The minimum Gasteiger partial charge on any atom is -0.337 e. The van der Waals surface area contributed by atoms with E-state index < -0.39 is 14.9 Å². The number of amides is 1. The first-order valence-corrected chi connectivity index (χ1v) is 10.5. The second kappa shape index (κ2) is 8.18. The third kappa shape index (κ3) is 4.54. The third-order valence-electron chi connectivity index (χ3n) is 5.04. The SMILES string of the molecule is O=C(C=C1CCCCC1)N1CCN(S(=O)(=O)c2cccc([N+](=O)[O-])c2)CC1. The van der Waals surface area contributed by atoms with E-state index in [4.69, 9.17) is 0 Å². The van der Waals surface area contributed by atoms with Gasteiger partial charge in [-0.3, -0.25) is 14.9 Å². The summed E-state index contributed by atoms with van der Waals surface area (Å²) in [5, 5.41) is 10.9. The molecule has 1 heterocycles. The molecular formula is C18H23N3O5S. The van der Waals surface area contributed by atoms with Gasteiger partial charge in [0.25, 0.3) is 5.69 Å². The van der Waals surface area contributed by atoms with Crippen LogP contribution >= 0.6 is 0 Å². The summed E-state index contributed by atoms with van der Waals surface area (Å²) in [5.74, 6) is -0.0562. The van der Waals surface area contributed by atoms with E-state index in [-0.39, 0.29) is 29.6 Å². The molecule has 0 atom stereocenters. The van der Waals surface area contributed by atoms with Crippen LogP contribution in [0.15, 0.2) is 40.8 Å². The molecule has 0 spiro atoms. The highest BCUT2D eigenvalue weighted by Crippen LogP contribution is 2.24. The van der Waals surface area contributed by atoms with Crippen LogP contribution in [-0.4, -0.2) is 54.6 Å². The third-order valence-corrected chi connectivity index (χ3v) is 6.93. The second-order valence-electron chi connectivity index (χ2n) is 6.85. The van der Waals surface area contributed by atoms with Gasteiger partial charge in [0.15, 0.2) is 0 Å². The van der Waals surface area contributed by atoms with Crippen LogP contribution in [0.5, 0.6) is 0 Å². The van der Waals surface area contributed by atoms with Gasteiger partial charge < -0.3 is 4.90 Å². The number of hydrogen-bond donors (Lipinski definition) is 0. The Bertz CT molecular complexity index is 850. The Morgan fingerprint density at radius 3 is 2.37 bits per heavy atom. The Morgan fingerprint density at radius 1 is 1.07 bits per heavy atom. The quantitative estimate of drug-likeness (QED) is 0.444. The largest absolute Gasteiger partial charge is 0.337 e. The van der Waals surface area contributed by atoms with E-state index >= 15 is 0 Å². The average Bonchev–Trinajstić information content (AvgIpc) is 2.69. The summed E-state index contributed by atoms with van der Waals surface area (Å²) >= 11 is 0. The number of rotatable bonds is 4. The standard InChI is InChI=1S/C18H23N3O5S/c22-18(13-15-5-2-1-3-6-15)19-9-11-20(12-10-19)27(25,26)17-8-4-7-16(14-17)21(23)24/h4,7-8,13-14H,1-3,5-6,9-12H2. The molecule has 0 bridgehead atoms. The Morgan fingerprint density at radius 2 is 1.74 bits per heavy atom. The molecule has 0 aromatic heterocycles. The minimum atomic E-state index is -3.82. The molecule has 3 rings (SSSR count). The maximum absolute atomic E-state index is 12.7. The summed E-state index contributed by atoms with van der Waals surface area (Å²) in [4.78, 5) is 24.3. The zero-order valence-corrected chi connectivity index (χ0v) is 15.9. The van der Waals surface area contributed by atoms with Crippen molar-refractivity contribution in [2.75, 3.05) is 26.2 Å². The number of benzene rings is 1. The first kappa shape index (κ1) is 19.5. The van der Waals surface area contributed by atoms with Crippen molar-refractivity contribution in [1.82, 2.24) is 9.21 Å². The number of carbonyl (C=O) groups is 1. The van der Waals surface area contributed by atoms with Crippen molar-refractivity contribution in [3.8, 4) is 0 Å². The lowest BCUT2D eigenvalue weighted by Gasteiger charge is -2.33. The summed E-state index contributed by atoms with van der Waals surface area (Å²) < 4.78 is 26.8. The molecule has 1 aromatic rings. The zero-order chi connectivity index (χ0) is 19.4. The van der Waals surface area contributed by atoms with E-state index in [2.05, 4.69) is 0 Å². The molecule has 2 fully saturated rings. The smallest absolute Gasteiger partial charge is 0.270 e. The van der Waals surface area contributed by atoms with Gasteiger partial charge in [0.1, 0.15) is 0 Å². The van der Waals surface area contributed by atoms with Crippen LogP contribution in [0.2, 0.25) is 0 Å². The molecule has 146 valence electrons. The molecule has 1 aromatic carbocycles.